The Morgan fingerprint density at radius 2 is 1.84 bits per heavy atom. The van der Waals surface area contributed by atoms with Crippen molar-refractivity contribution < 1.29 is 15.0 Å². The predicted octanol–water partition coefficient (Wildman–Crippen LogP) is 1.81. The molecular formula is C14H14N2O3. The van der Waals surface area contributed by atoms with Crippen LogP contribution in [-0.2, 0) is 6.54 Å². The normalized spacial score (nSPS) is 10.2. The van der Waals surface area contributed by atoms with E-state index in [0.29, 0.717) is 12.2 Å². The Hall–Kier alpha value is -2.53. The van der Waals surface area contributed by atoms with E-state index in [1.54, 1.807) is 12.1 Å². The Morgan fingerprint density at radius 3 is 2.53 bits per heavy atom. The molecule has 0 fully saturated rings. The van der Waals surface area contributed by atoms with E-state index in [-0.39, 0.29) is 23.0 Å². The molecule has 0 aliphatic carbocycles. The van der Waals surface area contributed by atoms with Gasteiger partial charge in [0, 0.05) is 17.8 Å². The Bertz CT molecular complexity index is 611. The van der Waals surface area contributed by atoms with Crippen molar-refractivity contribution in [3.8, 4) is 11.5 Å². The minimum Gasteiger partial charge on any atom is -0.504 e. The van der Waals surface area contributed by atoms with Crippen LogP contribution < -0.4 is 11.1 Å². The minimum atomic E-state index is -0.379. The molecule has 19 heavy (non-hydrogen) atoms. The summed E-state index contributed by atoms with van der Waals surface area (Å²) in [7, 11) is 0. The van der Waals surface area contributed by atoms with Crippen LogP contribution in [0.3, 0.4) is 0 Å². The van der Waals surface area contributed by atoms with Gasteiger partial charge >= 0.3 is 0 Å². The number of nitrogens with two attached hydrogens (primary N) is 1. The molecule has 98 valence electrons. The Kier molecular flexibility index (Phi) is 3.68. The topological polar surface area (TPSA) is 95.6 Å². The Balaban J connectivity index is 2.23. The molecule has 0 unspecified atom stereocenters. The van der Waals surface area contributed by atoms with Crippen molar-refractivity contribution in [1.82, 2.24) is 0 Å². The summed E-state index contributed by atoms with van der Waals surface area (Å²) in [6.45, 7) is 0.317. The zero-order chi connectivity index (χ0) is 13.8. The number of anilines is 1. The van der Waals surface area contributed by atoms with E-state index in [0.717, 1.165) is 5.56 Å². The van der Waals surface area contributed by atoms with Gasteiger partial charge in [-0.05, 0) is 29.8 Å². The van der Waals surface area contributed by atoms with Gasteiger partial charge < -0.3 is 21.3 Å². The second-order valence-corrected chi connectivity index (χ2v) is 4.02. The molecule has 0 atom stereocenters. The lowest BCUT2D eigenvalue weighted by Gasteiger charge is -2.10. The fourth-order valence-corrected chi connectivity index (χ4v) is 1.68. The third-order valence-electron chi connectivity index (χ3n) is 2.72. The fraction of sp³-hybridized carbons (Fsp3) is 0.0714. The Labute approximate surface area is 110 Å². The summed E-state index contributed by atoms with van der Waals surface area (Å²) in [4.78, 5) is 12.0. The van der Waals surface area contributed by atoms with Crippen molar-refractivity contribution in [1.29, 1.82) is 0 Å². The smallest absolute Gasteiger partial charge is 0.255 e. The van der Waals surface area contributed by atoms with E-state index in [1.165, 1.54) is 18.2 Å². The standard InChI is InChI=1S/C14H14N2O3/c15-8-10-3-1-2-4-11(10)16-14(19)9-5-6-12(17)13(18)7-9/h1-7,17-18H,8,15H2,(H,16,19). The number of phenols is 2. The fourth-order valence-electron chi connectivity index (χ4n) is 1.68. The second-order valence-electron chi connectivity index (χ2n) is 4.02. The number of nitrogens with one attached hydrogen (secondary N) is 1. The summed E-state index contributed by atoms with van der Waals surface area (Å²) >= 11 is 0. The number of carbonyl (C=O) groups excluding carboxylic acids is 1. The lowest BCUT2D eigenvalue weighted by atomic mass is 10.1. The lowest BCUT2D eigenvalue weighted by Crippen LogP contribution is -2.14. The van der Waals surface area contributed by atoms with Crippen molar-refractivity contribution in [2.24, 2.45) is 5.73 Å². The minimum absolute atomic E-state index is 0.252. The molecule has 0 radical (unpaired) electrons. The molecule has 5 N–H and O–H groups in total. The quantitative estimate of drug-likeness (QED) is 0.631. The largest absolute Gasteiger partial charge is 0.504 e. The molecule has 0 bridgehead atoms. The van der Waals surface area contributed by atoms with Gasteiger partial charge in [-0.15, -0.1) is 0 Å². The van der Waals surface area contributed by atoms with Crippen LogP contribution in [0.1, 0.15) is 15.9 Å². The summed E-state index contributed by atoms with van der Waals surface area (Å²) < 4.78 is 0. The molecular weight excluding hydrogens is 244 g/mol. The average Bonchev–Trinajstić information content (AvgIpc) is 2.42. The van der Waals surface area contributed by atoms with E-state index in [4.69, 9.17) is 5.73 Å². The molecule has 0 heterocycles. The van der Waals surface area contributed by atoms with Crippen molar-refractivity contribution in [3.05, 3.63) is 53.6 Å². The molecule has 0 aliphatic rings. The first-order valence-corrected chi connectivity index (χ1v) is 5.73. The van der Waals surface area contributed by atoms with Gasteiger partial charge in [0.05, 0.1) is 0 Å². The summed E-state index contributed by atoms with van der Waals surface area (Å²) in [5.41, 5.74) is 7.28. The van der Waals surface area contributed by atoms with Gasteiger partial charge in [-0.2, -0.15) is 0 Å². The number of hydrogen-bond donors (Lipinski definition) is 4. The molecule has 2 aromatic carbocycles. The first-order valence-electron chi connectivity index (χ1n) is 5.73. The van der Waals surface area contributed by atoms with E-state index in [2.05, 4.69) is 5.32 Å². The molecule has 0 saturated heterocycles. The maximum atomic E-state index is 12.0. The van der Waals surface area contributed by atoms with Crippen LogP contribution in [0.25, 0.3) is 0 Å². The van der Waals surface area contributed by atoms with Crippen LogP contribution in [0.4, 0.5) is 5.69 Å². The van der Waals surface area contributed by atoms with Crippen molar-refractivity contribution in [2.75, 3.05) is 5.32 Å². The monoisotopic (exact) mass is 258 g/mol. The van der Waals surface area contributed by atoms with Crippen molar-refractivity contribution >= 4 is 11.6 Å². The highest BCUT2D eigenvalue weighted by Gasteiger charge is 2.10. The zero-order valence-corrected chi connectivity index (χ0v) is 10.1. The van der Waals surface area contributed by atoms with Crippen LogP contribution in [-0.4, -0.2) is 16.1 Å². The van der Waals surface area contributed by atoms with Gasteiger partial charge in [0.15, 0.2) is 11.5 Å². The molecule has 2 aromatic rings. The van der Waals surface area contributed by atoms with Crippen LogP contribution in [0.5, 0.6) is 11.5 Å². The first-order chi connectivity index (χ1) is 9.11. The second kappa shape index (κ2) is 5.41. The van der Waals surface area contributed by atoms with Gasteiger partial charge in [0.1, 0.15) is 0 Å². The predicted molar refractivity (Wildman–Crippen MR) is 72.1 cm³/mol. The van der Waals surface area contributed by atoms with Gasteiger partial charge in [-0.25, -0.2) is 0 Å². The molecule has 0 spiro atoms. The third kappa shape index (κ3) is 2.83. The number of phenolic OH excluding ortho intramolecular Hbond substituents is 2. The van der Waals surface area contributed by atoms with E-state index < -0.39 is 0 Å². The summed E-state index contributed by atoms with van der Waals surface area (Å²) in [5, 5.41) is 21.3. The highest BCUT2D eigenvalue weighted by atomic mass is 16.3. The van der Waals surface area contributed by atoms with Crippen LogP contribution in [0.2, 0.25) is 0 Å². The number of hydrogen-bond acceptors (Lipinski definition) is 4. The summed E-state index contributed by atoms with van der Waals surface area (Å²) in [5.74, 6) is -0.977. The van der Waals surface area contributed by atoms with Crippen LogP contribution in [0, 0.1) is 0 Å². The highest BCUT2D eigenvalue weighted by molar-refractivity contribution is 6.05. The van der Waals surface area contributed by atoms with E-state index >= 15 is 0 Å². The number of amides is 1. The van der Waals surface area contributed by atoms with Gasteiger partial charge in [0.25, 0.3) is 5.91 Å². The summed E-state index contributed by atoms with van der Waals surface area (Å²) in [6, 6.07) is 11.1. The lowest BCUT2D eigenvalue weighted by molar-refractivity contribution is 0.102. The van der Waals surface area contributed by atoms with E-state index in [9.17, 15) is 15.0 Å². The zero-order valence-electron chi connectivity index (χ0n) is 10.1. The maximum Gasteiger partial charge on any atom is 0.255 e. The maximum absolute atomic E-state index is 12.0. The molecule has 0 aromatic heterocycles. The van der Waals surface area contributed by atoms with Crippen LogP contribution in [0.15, 0.2) is 42.5 Å². The average molecular weight is 258 g/mol. The number of aromatic hydroxyl groups is 2. The highest BCUT2D eigenvalue weighted by Crippen LogP contribution is 2.25. The van der Waals surface area contributed by atoms with E-state index in [1.807, 2.05) is 12.1 Å². The van der Waals surface area contributed by atoms with Gasteiger partial charge in [-0.3, -0.25) is 4.79 Å². The molecule has 5 nitrogen and oxygen atoms in total. The number of para-hydroxylation sites is 1. The van der Waals surface area contributed by atoms with Crippen molar-refractivity contribution in [2.45, 2.75) is 6.54 Å². The molecule has 0 saturated carbocycles. The Morgan fingerprint density at radius 1 is 1.11 bits per heavy atom. The summed E-state index contributed by atoms with van der Waals surface area (Å²) in [6.07, 6.45) is 0. The van der Waals surface area contributed by atoms with Crippen LogP contribution >= 0.6 is 0 Å². The third-order valence-corrected chi connectivity index (χ3v) is 2.72. The van der Waals surface area contributed by atoms with Gasteiger partial charge in [-0.1, -0.05) is 18.2 Å². The van der Waals surface area contributed by atoms with Gasteiger partial charge in [0.2, 0.25) is 0 Å². The number of benzene rings is 2. The SMILES string of the molecule is NCc1ccccc1NC(=O)c1ccc(O)c(O)c1. The molecule has 1 amide bonds. The van der Waals surface area contributed by atoms with Crippen molar-refractivity contribution in [3.63, 3.8) is 0 Å². The molecule has 5 heteroatoms. The first kappa shape index (κ1) is 12.9. The number of rotatable bonds is 3. The number of carbonyl (C=O) groups is 1. The molecule has 2 rings (SSSR count). The molecule has 0 aliphatic heterocycles.